The molecule has 0 aliphatic carbocycles. The molecule has 0 aromatic heterocycles. The summed E-state index contributed by atoms with van der Waals surface area (Å²) in [4.78, 5) is 40.5. The fourth-order valence-corrected chi connectivity index (χ4v) is 3.00. The Kier molecular flexibility index (Phi) is 11.6. The summed E-state index contributed by atoms with van der Waals surface area (Å²) in [6, 6.07) is 9.22. The van der Waals surface area contributed by atoms with E-state index in [4.69, 9.17) is 23.4 Å². The molecular weight excluding hydrogens is 465 g/mol. The predicted molar refractivity (Wildman–Crippen MR) is 124 cm³/mol. The Balaban J connectivity index is 2.75. The highest BCUT2D eigenvalue weighted by Gasteiger charge is 2.28. The van der Waals surface area contributed by atoms with Crippen molar-refractivity contribution >= 4 is 25.9 Å². The number of esters is 2. The van der Waals surface area contributed by atoms with Gasteiger partial charge in [-0.25, -0.2) is 5.06 Å². The van der Waals surface area contributed by atoms with Gasteiger partial charge in [0.05, 0.1) is 17.4 Å². The smallest absolute Gasteiger partial charge is 0.359 e. The van der Waals surface area contributed by atoms with E-state index in [0.29, 0.717) is 6.41 Å². The van der Waals surface area contributed by atoms with E-state index in [-0.39, 0.29) is 13.2 Å². The third-order valence-corrected chi connectivity index (χ3v) is 5.51. The van der Waals surface area contributed by atoms with Crippen LogP contribution in [0.3, 0.4) is 0 Å². The molecule has 1 aromatic rings. The van der Waals surface area contributed by atoms with Gasteiger partial charge in [-0.2, -0.15) is 0 Å². The predicted octanol–water partition coefficient (Wildman–Crippen LogP) is 4.41. The Hall–Kier alpha value is -2.52. The molecule has 1 rings (SSSR count). The highest BCUT2D eigenvalue weighted by atomic mass is 31.2. The molecule has 0 atom stereocenters. The van der Waals surface area contributed by atoms with Crippen LogP contribution in [0.1, 0.15) is 47.1 Å². The van der Waals surface area contributed by atoms with Gasteiger partial charge >= 0.3 is 19.5 Å². The number of carbonyl (C=O) groups excluding carboxylic acids is 3. The van der Waals surface area contributed by atoms with E-state index in [2.05, 4.69) is 0 Å². The summed E-state index contributed by atoms with van der Waals surface area (Å²) in [7, 11) is -4.01. The van der Waals surface area contributed by atoms with Gasteiger partial charge in [0, 0.05) is 5.82 Å². The second-order valence-electron chi connectivity index (χ2n) is 9.25. The number of hydrogen-bond acceptors (Lipinski definition) is 9. The Morgan fingerprint density at radius 1 is 0.912 bits per heavy atom. The van der Waals surface area contributed by atoms with Crippen molar-refractivity contribution in [1.82, 2.24) is 5.06 Å². The molecule has 0 fully saturated rings. The molecule has 34 heavy (non-hydrogen) atoms. The van der Waals surface area contributed by atoms with E-state index in [1.807, 2.05) is 30.3 Å². The summed E-state index contributed by atoms with van der Waals surface area (Å²) in [5, 5.41) is 0.993. The molecule has 0 saturated carbocycles. The average molecular weight is 499 g/mol. The summed E-state index contributed by atoms with van der Waals surface area (Å²) < 4.78 is 33.4. The third-order valence-electron chi connectivity index (χ3n) is 4.00. The number of nitrogens with zero attached hydrogens (tertiary/aromatic N) is 1. The van der Waals surface area contributed by atoms with Crippen LogP contribution in [0.15, 0.2) is 42.2 Å². The van der Waals surface area contributed by atoms with Crippen molar-refractivity contribution in [3.63, 3.8) is 0 Å². The molecule has 11 heteroatoms. The first-order valence-corrected chi connectivity index (χ1v) is 12.2. The van der Waals surface area contributed by atoms with Crippen LogP contribution in [0.5, 0.6) is 0 Å². The molecule has 0 spiro atoms. The van der Waals surface area contributed by atoms with Crippen molar-refractivity contribution in [1.29, 1.82) is 0 Å². The fraction of sp³-hybridized carbons (Fsp3) is 0.522. The topological polar surface area (TPSA) is 118 Å². The second kappa shape index (κ2) is 13.4. The third kappa shape index (κ3) is 11.6. The van der Waals surface area contributed by atoms with Crippen LogP contribution in [0, 0.1) is 10.8 Å². The minimum atomic E-state index is -4.01. The first kappa shape index (κ1) is 29.5. The zero-order valence-electron chi connectivity index (χ0n) is 20.5. The highest BCUT2D eigenvalue weighted by molar-refractivity contribution is 7.57. The number of hydrogen-bond donors (Lipinski definition) is 0. The van der Waals surface area contributed by atoms with Crippen LogP contribution in [0.25, 0.3) is 0 Å². The monoisotopic (exact) mass is 499 g/mol. The molecule has 1 amide bonds. The molecule has 0 N–H and O–H groups in total. The minimum absolute atomic E-state index is 0.0728. The molecule has 0 heterocycles. The minimum Gasteiger partial charge on any atom is -0.438 e. The maximum absolute atomic E-state index is 13.1. The van der Waals surface area contributed by atoms with E-state index in [1.54, 1.807) is 41.5 Å². The van der Waals surface area contributed by atoms with Crippen molar-refractivity contribution in [2.24, 2.45) is 10.8 Å². The van der Waals surface area contributed by atoms with Crippen LogP contribution in [0.2, 0.25) is 0 Å². The van der Waals surface area contributed by atoms with E-state index in [1.165, 1.54) is 6.08 Å². The van der Waals surface area contributed by atoms with Crippen LogP contribution in [0.4, 0.5) is 0 Å². The van der Waals surface area contributed by atoms with Gasteiger partial charge in [0.15, 0.2) is 0 Å². The lowest BCUT2D eigenvalue weighted by Gasteiger charge is -2.20. The highest BCUT2D eigenvalue weighted by Crippen LogP contribution is 2.50. The zero-order chi connectivity index (χ0) is 25.8. The van der Waals surface area contributed by atoms with Crippen LogP contribution < -0.4 is 0 Å². The van der Waals surface area contributed by atoms with E-state index >= 15 is 0 Å². The van der Waals surface area contributed by atoms with Crippen LogP contribution >= 0.6 is 7.60 Å². The van der Waals surface area contributed by atoms with Crippen LogP contribution in [-0.2, 0) is 48.9 Å². The molecule has 0 saturated heterocycles. The van der Waals surface area contributed by atoms with Crippen molar-refractivity contribution in [3.8, 4) is 0 Å². The Bertz CT molecular complexity index is 837. The second-order valence-corrected chi connectivity index (χ2v) is 11.1. The summed E-state index contributed by atoms with van der Waals surface area (Å²) in [6.45, 7) is 8.71. The molecular formula is C23H34NO9P. The molecule has 0 bridgehead atoms. The molecule has 10 nitrogen and oxygen atoms in total. The van der Waals surface area contributed by atoms with Crippen molar-refractivity contribution in [2.45, 2.75) is 48.1 Å². The number of carbonyl (C=O) groups is 3. The van der Waals surface area contributed by atoms with Gasteiger partial charge in [-0.3, -0.25) is 32.8 Å². The van der Waals surface area contributed by atoms with E-state index in [9.17, 15) is 18.9 Å². The maximum atomic E-state index is 13.1. The number of benzene rings is 1. The standard InChI is InChI=1S/C23H34NO9P/c1-22(2,3)20(26)29-17-32-34(28,33-18-30-21(27)23(4,5)6)14-10-13-24(16-25)31-15-19-11-8-7-9-12-19/h7-12,14,16H,13,15,17-18H2,1-6H3/b14-10+. The Morgan fingerprint density at radius 2 is 1.41 bits per heavy atom. The average Bonchev–Trinajstić information content (AvgIpc) is 2.75. The fourth-order valence-electron chi connectivity index (χ4n) is 2.00. The molecule has 0 aliphatic heterocycles. The van der Waals surface area contributed by atoms with Gasteiger partial charge in [-0.1, -0.05) is 36.4 Å². The molecule has 190 valence electrons. The molecule has 1 aromatic carbocycles. The van der Waals surface area contributed by atoms with Gasteiger partial charge < -0.3 is 9.47 Å². The van der Waals surface area contributed by atoms with Gasteiger partial charge in [-0.05, 0) is 47.1 Å². The quantitative estimate of drug-likeness (QED) is 0.128. The van der Waals surface area contributed by atoms with Gasteiger partial charge in [0.2, 0.25) is 20.0 Å². The lowest BCUT2D eigenvalue weighted by Crippen LogP contribution is -2.24. The number of ether oxygens (including phenoxy) is 2. The molecule has 0 aliphatic rings. The van der Waals surface area contributed by atoms with Crippen molar-refractivity contribution < 1.29 is 42.3 Å². The molecule has 0 radical (unpaired) electrons. The van der Waals surface area contributed by atoms with E-state index < -0.39 is 44.0 Å². The molecule has 0 unspecified atom stereocenters. The lowest BCUT2D eigenvalue weighted by atomic mass is 9.98. The van der Waals surface area contributed by atoms with Gasteiger partial charge in [-0.15, -0.1) is 0 Å². The number of amides is 1. The van der Waals surface area contributed by atoms with E-state index in [0.717, 1.165) is 16.4 Å². The first-order valence-electron chi connectivity index (χ1n) is 10.6. The van der Waals surface area contributed by atoms with Crippen molar-refractivity contribution in [2.75, 3.05) is 20.1 Å². The summed E-state index contributed by atoms with van der Waals surface area (Å²) in [5.41, 5.74) is -0.711. The zero-order valence-corrected chi connectivity index (χ0v) is 21.4. The normalized spacial score (nSPS) is 12.4. The lowest BCUT2D eigenvalue weighted by molar-refractivity contribution is -0.173. The van der Waals surface area contributed by atoms with Gasteiger partial charge in [0.25, 0.3) is 0 Å². The summed E-state index contributed by atoms with van der Waals surface area (Å²) in [5.74, 6) is -0.0575. The number of rotatable bonds is 13. The van der Waals surface area contributed by atoms with Crippen LogP contribution in [-0.4, -0.2) is 43.5 Å². The maximum Gasteiger partial charge on any atom is 0.359 e. The summed E-state index contributed by atoms with van der Waals surface area (Å²) in [6.07, 6.45) is 1.80. The summed E-state index contributed by atoms with van der Waals surface area (Å²) >= 11 is 0. The van der Waals surface area contributed by atoms with Gasteiger partial charge in [0.1, 0.15) is 6.61 Å². The largest absolute Gasteiger partial charge is 0.438 e. The SMILES string of the molecule is CC(C)(C)C(=O)OCOP(=O)(/C=C/CN(C=O)OCc1ccccc1)OCOC(=O)C(C)(C)C. The Labute approximate surface area is 200 Å². The van der Waals surface area contributed by atoms with Crippen molar-refractivity contribution in [3.05, 3.63) is 47.8 Å². The Morgan fingerprint density at radius 3 is 1.85 bits per heavy atom. The number of hydroxylamine groups is 2. The first-order chi connectivity index (χ1) is 15.8.